The number of nitrogens with one attached hydrogen (secondary N) is 1. The van der Waals surface area contributed by atoms with Crippen LogP contribution in [-0.4, -0.2) is 38.1 Å². The standard InChI is InChI=1S/C14H20BrNO3/c1-18-14-5-4-10(15)7-12(14)13(9-17)16-8-11-3-2-6-19-11/h4-5,7,11,13,16-17H,2-3,6,8-9H2,1H3. The maximum atomic E-state index is 9.59. The van der Waals surface area contributed by atoms with Crippen molar-refractivity contribution in [3.05, 3.63) is 28.2 Å². The first kappa shape index (κ1) is 14.8. The number of aliphatic hydroxyl groups is 1. The normalized spacial score (nSPS) is 20.5. The first-order valence-electron chi connectivity index (χ1n) is 6.54. The van der Waals surface area contributed by atoms with Crippen LogP contribution in [0.4, 0.5) is 0 Å². The summed E-state index contributed by atoms with van der Waals surface area (Å²) < 4.78 is 11.9. The molecule has 106 valence electrons. The van der Waals surface area contributed by atoms with Crippen LogP contribution < -0.4 is 10.1 Å². The van der Waals surface area contributed by atoms with Gasteiger partial charge in [0.2, 0.25) is 0 Å². The molecule has 1 aromatic rings. The van der Waals surface area contributed by atoms with E-state index in [9.17, 15) is 5.11 Å². The molecule has 0 spiro atoms. The number of rotatable bonds is 6. The van der Waals surface area contributed by atoms with E-state index in [4.69, 9.17) is 9.47 Å². The average Bonchev–Trinajstić information content (AvgIpc) is 2.93. The van der Waals surface area contributed by atoms with Crippen LogP contribution in [0, 0.1) is 0 Å². The molecule has 1 heterocycles. The maximum Gasteiger partial charge on any atom is 0.123 e. The number of methoxy groups -OCH3 is 1. The van der Waals surface area contributed by atoms with Gasteiger partial charge in [0.15, 0.2) is 0 Å². The summed E-state index contributed by atoms with van der Waals surface area (Å²) in [5, 5.41) is 12.9. The fraction of sp³-hybridized carbons (Fsp3) is 0.571. The van der Waals surface area contributed by atoms with E-state index in [1.165, 1.54) is 0 Å². The van der Waals surface area contributed by atoms with Gasteiger partial charge in [-0.05, 0) is 31.0 Å². The first-order chi connectivity index (χ1) is 9.24. The summed E-state index contributed by atoms with van der Waals surface area (Å²) in [4.78, 5) is 0. The second-order valence-corrected chi connectivity index (χ2v) is 5.58. The molecule has 0 aromatic heterocycles. The second-order valence-electron chi connectivity index (χ2n) is 4.66. The molecule has 2 atom stereocenters. The lowest BCUT2D eigenvalue weighted by Gasteiger charge is -2.21. The topological polar surface area (TPSA) is 50.7 Å². The van der Waals surface area contributed by atoms with E-state index in [1.807, 2.05) is 18.2 Å². The second kappa shape index (κ2) is 7.24. The lowest BCUT2D eigenvalue weighted by molar-refractivity contribution is 0.103. The molecular weight excluding hydrogens is 310 g/mol. The Morgan fingerprint density at radius 2 is 2.42 bits per heavy atom. The Balaban J connectivity index is 2.05. The molecule has 4 nitrogen and oxygen atoms in total. The van der Waals surface area contributed by atoms with E-state index in [2.05, 4.69) is 21.2 Å². The Bertz CT molecular complexity index is 408. The molecule has 1 saturated heterocycles. The van der Waals surface area contributed by atoms with Gasteiger partial charge in [-0.3, -0.25) is 0 Å². The summed E-state index contributed by atoms with van der Waals surface area (Å²) in [5.74, 6) is 0.780. The highest BCUT2D eigenvalue weighted by Gasteiger charge is 2.20. The van der Waals surface area contributed by atoms with Gasteiger partial charge in [0.25, 0.3) is 0 Å². The fourth-order valence-electron chi connectivity index (χ4n) is 2.33. The quantitative estimate of drug-likeness (QED) is 0.840. The van der Waals surface area contributed by atoms with Gasteiger partial charge >= 0.3 is 0 Å². The summed E-state index contributed by atoms with van der Waals surface area (Å²) in [6.45, 7) is 1.62. The Morgan fingerprint density at radius 1 is 1.58 bits per heavy atom. The minimum absolute atomic E-state index is 0.0273. The number of ether oxygens (including phenoxy) is 2. The van der Waals surface area contributed by atoms with Crippen molar-refractivity contribution in [2.45, 2.75) is 25.0 Å². The average molecular weight is 330 g/mol. The number of aliphatic hydroxyl groups excluding tert-OH is 1. The molecule has 0 aliphatic carbocycles. The minimum atomic E-state index is -0.142. The largest absolute Gasteiger partial charge is 0.496 e. The number of benzene rings is 1. The third-order valence-electron chi connectivity index (χ3n) is 3.37. The van der Waals surface area contributed by atoms with Crippen molar-refractivity contribution in [3.63, 3.8) is 0 Å². The highest BCUT2D eigenvalue weighted by molar-refractivity contribution is 9.10. The monoisotopic (exact) mass is 329 g/mol. The third-order valence-corrected chi connectivity index (χ3v) is 3.86. The van der Waals surface area contributed by atoms with E-state index in [0.717, 1.165) is 41.8 Å². The maximum absolute atomic E-state index is 9.59. The van der Waals surface area contributed by atoms with Crippen molar-refractivity contribution < 1.29 is 14.6 Å². The molecule has 2 rings (SSSR count). The predicted molar refractivity (Wildman–Crippen MR) is 77.5 cm³/mol. The van der Waals surface area contributed by atoms with Gasteiger partial charge in [-0.2, -0.15) is 0 Å². The Hall–Kier alpha value is -0.620. The lowest BCUT2D eigenvalue weighted by atomic mass is 10.1. The molecule has 1 aromatic carbocycles. The van der Waals surface area contributed by atoms with E-state index in [-0.39, 0.29) is 18.8 Å². The van der Waals surface area contributed by atoms with Crippen LogP contribution in [0.5, 0.6) is 5.75 Å². The van der Waals surface area contributed by atoms with Crippen LogP contribution >= 0.6 is 15.9 Å². The van der Waals surface area contributed by atoms with E-state index >= 15 is 0 Å². The van der Waals surface area contributed by atoms with Crippen molar-refractivity contribution in [2.24, 2.45) is 0 Å². The van der Waals surface area contributed by atoms with E-state index < -0.39 is 0 Å². The lowest BCUT2D eigenvalue weighted by Crippen LogP contribution is -2.32. The SMILES string of the molecule is COc1ccc(Br)cc1C(CO)NCC1CCCO1. The zero-order chi connectivity index (χ0) is 13.7. The van der Waals surface area contributed by atoms with E-state index in [1.54, 1.807) is 7.11 Å². The van der Waals surface area contributed by atoms with Gasteiger partial charge in [-0.1, -0.05) is 15.9 Å². The molecule has 0 bridgehead atoms. The molecule has 1 fully saturated rings. The van der Waals surface area contributed by atoms with Gasteiger partial charge in [-0.25, -0.2) is 0 Å². The molecule has 0 radical (unpaired) electrons. The molecular formula is C14H20BrNO3. The van der Waals surface area contributed by atoms with E-state index in [0.29, 0.717) is 0 Å². The highest BCUT2D eigenvalue weighted by Crippen LogP contribution is 2.28. The molecule has 1 aliphatic rings. The predicted octanol–water partition coefficient (Wildman–Crippen LogP) is 2.26. The third kappa shape index (κ3) is 3.92. The van der Waals surface area contributed by atoms with Crippen LogP contribution in [0.15, 0.2) is 22.7 Å². The number of hydrogen-bond donors (Lipinski definition) is 2. The van der Waals surface area contributed by atoms with Gasteiger partial charge in [0.05, 0.1) is 25.9 Å². The van der Waals surface area contributed by atoms with Gasteiger partial charge in [-0.15, -0.1) is 0 Å². The first-order valence-corrected chi connectivity index (χ1v) is 7.33. The van der Waals surface area contributed by atoms with Crippen LogP contribution in [0.3, 0.4) is 0 Å². The van der Waals surface area contributed by atoms with Crippen LogP contribution in [0.2, 0.25) is 0 Å². The molecule has 1 aliphatic heterocycles. The van der Waals surface area contributed by atoms with Crippen LogP contribution in [0.25, 0.3) is 0 Å². The minimum Gasteiger partial charge on any atom is -0.496 e. The van der Waals surface area contributed by atoms with Crippen molar-refractivity contribution in [2.75, 3.05) is 26.9 Å². The Labute approximate surface area is 122 Å². The summed E-state index contributed by atoms with van der Waals surface area (Å²) in [6.07, 6.45) is 2.46. The molecule has 19 heavy (non-hydrogen) atoms. The Kier molecular flexibility index (Phi) is 5.63. The molecule has 5 heteroatoms. The summed E-state index contributed by atoms with van der Waals surface area (Å²) in [7, 11) is 1.64. The molecule has 0 saturated carbocycles. The smallest absolute Gasteiger partial charge is 0.123 e. The van der Waals surface area contributed by atoms with Crippen LogP contribution in [0.1, 0.15) is 24.4 Å². The molecule has 2 N–H and O–H groups in total. The van der Waals surface area contributed by atoms with Gasteiger partial charge in [0.1, 0.15) is 5.75 Å². The molecule has 0 amide bonds. The fourth-order valence-corrected chi connectivity index (χ4v) is 2.71. The summed E-state index contributed by atoms with van der Waals surface area (Å²) >= 11 is 3.45. The van der Waals surface area contributed by atoms with Gasteiger partial charge < -0.3 is 19.9 Å². The zero-order valence-corrected chi connectivity index (χ0v) is 12.6. The van der Waals surface area contributed by atoms with Gasteiger partial charge in [0, 0.05) is 23.2 Å². The highest BCUT2D eigenvalue weighted by atomic mass is 79.9. The number of halogens is 1. The van der Waals surface area contributed by atoms with Crippen molar-refractivity contribution in [3.8, 4) is 5.75 Å². The zero-order valence-electron chi connectivity index (χ0n) is 11.1. The summed E-state index contributed by atoms with van der Waals surface area (Å²) in [5.41, 5.74) is 0.956. The summed E-state index contributed by atoms with van der Waals surface area (Å²) in [6, 6.07) is 5.66. The van der Waals surface area contributed by atoms with Crippen LogP contribution in [-0.2, 0) is 4.74 Å². The van der Waals surface area contributed by atoms with Crippen molar-refractivity contribution in [1.82, 2.24) is 5.32 Å². The van der Waals surface area contributed by atoms with Crippen molar-refractivity contribution in [1.29, 1.82) is 0 Å². The molecule has 2 unspecified atom stereocenters. The number of hydrogen-bond acceptors (Lipinski definition) is 4. The van der Waals surface area contributed by atoms with Crippen molar-refractivity contribution >= 4 is 15.9 Å². The Morgan fingerprint density at radius 3 is 3.05 bits per heavy atom.